The molecule has 1 saturated carbocycles. The number of hydrogen-bond donors (Lipinski definition) is 1. The van der Waals surface area contributed by atoms with E-state index < -0.39 is 0 Å². The summed E-state index contributed by atoms with van der Waals surface area (Å²) in [6, 6.07) is 0. The maximum atomic E-state index is 9.10. The van der Waals surface area contributed by atoms with Crippen LogP contribution < -0.4 is 0 Å². The van der Waals surface area contributed by atoms with Crippen LogP contribution >= 0.6 is 0 Å². The van der Waals surface area contributed by atoms with Gasteiger partial charge in [0.2, 0.25) is 0 Å². The van der Waals surface area contributed by atoms with E-state index in [1.165, 1.54) is 45.6 Å². The first-order valence-electron chi connectivity index (χ1n) is 5.81. The third-order valence-electron chi connectivity index (χ3n) is 3.90. The molecule has 1 heterocycles. The molecule has 2 fully saturated rings. The van der Waals surface area contributed by atoms with Crippen LogP contribution in [0.25, 0.3) is 0 Å². The molecule has 1 aliphatic heterocycles. The van der Waals surface area contributed by atoms with E-state index in [4.69, 9.17) is 5.11 Å². The van der Waals surface area contributed by atoms with E-state index in [1.54, 1.807) is 0 Å². The molecule has 2 aliphatic rings. The highest BCUT2D eigenvalue weighted by atomic mass is 16.3. The molecule has 0 unspecified atom stereocenters. The van der Waals surface area contributed by atoms with Gasteiger partial charge in [-0.05, 0) is 31.7 Å². The van der Waals surface area contributed by atoms with Gasteiger partial charge < -0.3 is 14.9 Å². The molecule has 0 bridgehead atoms. The summed E-state index contributed by atoms with van der Waals surface area (Å²) in [5.41, 5.74) is 0. The van der Waals surface area contributed by atoms with E-state index in [1.807, 2.05) is 0 Å². The first kappa shape index (κ1) is 10.4. The highest BCUT2D eigenvalue weighted by Gasteiger charge is 2.31. The zero-order chi connectivity index (χ0) is 9.97. The lowest BCUT2D eigenvalue weighted by Gasteiger charge is -2.41. The van der Waals surface area contributed by atoms with Gasteiger partial charge in [-0.2, -0.15) is 0 Å². The van der Waals surface area contributed by atoms with Gasteiger partial charge in [-0.15, -0.1) is 0 Å². The first-order chi connectivity index (χ1) is 6.79. The van der Waals surface area contributed by atoms with E-state index in [2.05, 4.69) is 16.8 Å². The Labute approximate surface area is 86.7 Å². The van der Waals surface area contributed by atoms with Crippen LogP contribution in [0.4, 0.5) is 0 Å². The molecule has 2 atom stereocenters. The number of piperazine rings is 1. The standard InChI is InChI=1S/C11H22N2O/c1-12-4-6-13(7-5-12)8-10-2-3-11(10)9-14/h10-11,14H,2-9H2,1H3/t10-,11+/m1/s1. The molecule has 0 aromatic rings. The fourth-order valence-electron chi connectivity index (χ4n) is 2.48. The van der Waals surface area contributed by atoms with Crippen LogP contribution in [0.3, 0.4) is 0 Å². The predicted octanol–water partition coefficient (Wildman–Crippen LogP) is 0.252. The van der Waals surface area contributed by atoms with Gasteiger partial charge in [-0.3, -0.25) is 0 Å². The van der Waals surface area contributed by atoms with Crippen molar-refractivity contribution in [2.45, 2.75) is 12.8 Å². The fourth-order valence-corrected chi connectivity index (χ4v) is 2.48. The maximum absolute atomic E-state index is 9.10. The average Bonchev–Trinajstić information content (AvgIpc) is 2.16. The molecular weight excluding hydrogens is 176 g/mol. The zero-order valence-electron chi connectivity index (χ0n) is 9.15. The van der Waals surface area contributed by atoms with Gasteiger partial charge in [0, 0.05) is 39.3 Å². The Bertz CT molecular complexity index is 176. The van der Waals surface area contributed by atoms with Gasteiger partial charge >= 0.3 is 0 Å². The van der Waals surface area contributed by atoms with Gasteiger partial charge in [0.1, 0.15) is 0 Å². The van der Waals surface area contributed by atoms with Gasteiger partial charge in [0.05, 0.1) is 0 Å². The van der Waals surface area contributed by atoms with Gasteiger partial charge in [0.25, 0.3) is 0 Å². The van der Waals surface area contributed by atoms with Crippen LogP contribution in [-0.4, -0.2) is 61.3 Å². The van der Waals surface area contributed by atoms with Crippen LogP contribution in [0, 0.1) is 11.8 Å². The summed E-state index contributed by atoms with van der Waals surface area (Å²) in [5.74, 6) is 1.39. The SMILES string of the molecule is CN1CCN(C[C@H]2CC[C@H]2CO)CC1. The lowest BCUT2D eigenvalue weighted by atomic mass is 9.74. The molecule has 0 amide bonds. The second-order valence-electron chi connectivity index (χ2n) is 4.88. The fraction of sp³-hybridized carbons (Fsp3) is 1.00. The third-order valence-corrected chi connectivity index (χ3v) is 3.90. The molecule has 0 aromatic carbocycles. The molecule has 3 heteroatoms. The molecule has 3 nitrogen and oxygen atoms in total. The largest absolute Gasteiger partial charge is 0.396 e. The quantitative estimate of drug-likeness (QED) is 0.704. The number of likely N-dealkylation sites (N-methyl/N-ethyl adjacent to an activating group) is 1. The summed E-state index contributed by atoms with van der Waals surface area (Å²) in [4.78, 5) is 4.95. The summed E-state index contributed by atoms with van der Waals surface area (Å²) in [5, 5.41) is 9.10. The monoisotopic (exact) mass is 198 g/mol. The van der Waals surface area contributed by atoms with Crippen LogP contribution in [0.15, 0.2) is 0 Å². The molecule has 0 aromatic heterocycles. The summed E-state index contributed by atoms with van der Waals surface area (Å²) in [7, 11) is 2.19. The number of hydrogen-bond acceptors (Lipinski definition) is 3. The molecule has 0 spiro atoms. The van der Waals surface area contributed by atoms with Gasteiger partial charge in [-0.25, -0.2) is 0 Å². The second-order valence-corrected chi connectivity index (χ2v) is 4.88. The summed E-state index contributed by atoms with van der Waals surface area (Å²) >= 11 is 0. The first-order valence-corrected chi connectivity index (χ1v) is 5.81. The van der Waals surface area contributed by atoms with Crippen molar-refractivity contribution in [2.24, 2.45) is 11.8 Å². The highest BCUT2D eigenvalue weighted by molar-refractivity contribution is 4.84. The topological polar surface area (TPSA) is 26.7 Å². The minimum atomic E-state index is 0.401. The Hall–Kier alpha value is -0.120. The van der Waals surface area contributed by atoms with E-state index in [9.17, 15) is 0 Å². The van der Waals surface area contributed by atoms with Gasteiger partial charge in [0.15, 0.2) is 0 Å². The predicted molar refractivity (Wildman–Crippen MR) is 57.2 cm³/mol. The van der Waals surface area contributed by atoms with Gasteiger partial charge in [-0.1, -0.05) is 0 Å². The molecule has 82 valence electrons. The van der Waals surface area contributed by atoms with Crippen molar-refractivity contribution in [2.75, 3.05) is 46.4 Å². The smallest absolute Gasteiger partial charge is 0.0462 e. The van der Waals surface area contributed by atoms with Crippen molar-refractivity contribution in [3.05, 3.63) is 0 Å². The van der Waals surface area contributed by atoms with Crippen molar-refractivity contribution in [1.82, 2.24) is 9.80 Å². The number of aliphatic hydroxyl groups is 1. The summed E-state index contributed by atoms with van der Waals surface area (Å²) in [6.45, 7) is 6.46. The minimum Gasteiger partial charge on any atom is -0.396 e. The van der Waals surface area contributed by atoms with E-state index in [0.717, 1.165) is 5.92 Å². The summed E-state index contributed by atoms with van der Waals surface area (Å²) < 4.78 is 0. The molecule has 14 heavy (non-hydrogen) atoms. The molecule has 0 radical (unpaired) electrons. The highest BCUT2D eigenvalue weighted by Crippen LogP contribution is 2.34. The van der Waals surface area contributed by atoms with E-state index in [0.29, 0.717) is 12.5 Å². The Morgan fingerprint density at radius 3 is 2.21 bits per heavy atom. The second kappa shape index (κ2) is 4.60. The van der Waals surface area contributed by atoms with Crippen LogP contribution in [0.5, 0.6) is 0 Å². The lowest BCUT2D eigenvalue weighted by Crippen LogP contribution is -2.48. The van der Waals surface area contributed by atoms with E-state index in [-0.39, 0.29) is 0 Å². The lowest BCUT2D eigenvalue weighted by molar-refractivity contribution is 0.0443. The number of rotatable bonds is 3. The molecular formula is C11H22N2O. The molecule has 1 N–H and O–H groups in total. The van der Waals surface area contributed by atoms with Crippen LogP contribution in [0.2, 0.25) is 0 Å². The Morgan fingerprint density at radius 2 is 1.71 bits per heavy atom. The van der Waals surface area contributed by atoms with Crippen LogP contribution in [0.1, 0.15) is 12.8 Å². The Balaban J connectivity index is 1.70. The van der Waals surface area contributed by atoms with Crippen LogP contribution in [-0.2, 0) is 0 Å². The number of nitrogens with zero attached hydrogens (tertiary/aromatic N) is 2. The van der Waals surface area contributed by atoms with Crippen molar-refractivity contribution in [3.63, 3.8) is 0 Å². The summed E-state index contributed by atoms with van der Waals surface area (Å²) in [6.07, 6.45) is 2.58. The normalized spacial score (nSPS) is 35.6. The van der Waals surface area contributed by atoms with Crippen molar-refractivity contribution >= 4 is 0 Å². The Kier molecular flexibility index (Phi) is 3.42. The molecule has 2 rings (SSSR count). The Morgan fingerprint density at radius 1 is 1.07 bits per heavy atom. The van der Waals surface area contributed by atoms with Crippen molar-refractivity contribution < 1.29 is 5.11 Å². The number of aliphatic hydroxyl groups excluding tert-OH is 1. The maximum Gasteiger partial charge on any atom is 0.0462 e. The molecule has 1 saturated heterocycles. The zero-order valence-corrected chi connectivity index (χ0v) is 9.15. The van der Waals surface area contributed by atoms with Crippen molar-refractivity contribution in [1.29, 1.82) is 0 Å². The minimum absolute atomic E-state index is 0.401. The van der Waals surface area contributed by atoms with E-state index >= 15 is 0 Å². The van der Waals surface area contributed by atoms with Crippen molar-refractivity contribution in [3.8, 4) is 0 Å². The molecule has 1 aliphatic carbocycles. The third kappa shape index (κ3) is 2.27. The average molecular weight is 198 g/mol.